The van der Waals surface area contributed by atoms with Gasteiger partial charge >= 0.3 is 63.3 Å². The smallest absolute Gasteiger partial charge is 0.668 e. The van der Waals surface area contributed by atoms with E-state index in [1.165, 1.54) is 0 Å². The van der Waals surface area contributed by atoms with Crippen molar-refractivity contribution in [3.8, 4) is 0 Å². The second-order valence-electron chi connectivity index (χ2n) is 4.30. The van der Waals surface area contributed by atoms with Crippen LogP contribution in [-0.2, 0) is 295 Å². The van der Waals surface area contributed by atoms with Crippen LogP contribution in [0.15, 0.2) is 0 Å². The molecule has 0 aromatic carbocycles. The first-order chi connectivity index (χ1) is 12.5. The van der Waals surface area contributed by atoms with Gasteiger partial charge in [-0.25, -0.2) is 0 Å². The maximum atomic E-state index is 11.2. The molecule has 4 unspecified atom stereocenters. The van der Waals surface area contributed by atoms with Crippen LogP contribution in [0.25, 0.3) is 0 Å². The Morgan fingerprint density at radius 3 is 0.447 bits per heavy atom. The van der Waals surface area contributed by atoms with Gasteiger partial charge in [-0.15, -0.1) is 0 Å². The van der Waals surface area contributed by atoms with E-state index in [1.54, 1.807) is 0 Å². The van der Waals surface area contributed by atoms with E-state index in [4.69, 9.17) is 57.5 Å². The zero-order valence-electron chi connectivity index (χ0n) is 21.3. The minimum Gasteiger partial charge on any atom is -0.794 e. The molecule has 0 saturated carbocycles. The Hall–Kier alpha value is 9.28. The van der Waals surface area contributed by atoms with Crippen molar-refractivity contribution < 1.29 is 403 Å². The maximum absolute atomic E-state index is 11.2. The van der Waals surface area contributed by atoms with E-state index >= 15 is 0 Å². The van der Waals surface area contributed by atoms with Crippen LogP contribution < -0.4 is 28.8 Å². The molecule has 47 heteroatoms. The third-order valence-corrected chi connectivity index (χ3v) is 11.7. The summed E-state index contributed by atoms with van der Waals surface area (Å²) in [6.07, 6.45) is 0. The van der Waals surface area contributed by atoms with Crippen molar-refractivity contribution in [2.75, 3.05) is 0 Å². The number of rotatable bonds is 10. The summed E-state index contributed by atoms with van der Waals surface area (Å²) in [6.45, 7) is 0. The molecular weight excluding hydrogens is 2820 g/mol. The van der Waals surface area contributed by atoms with Crippen molar-refractivity contribution in [1.82, 2.24) is 0 Å². The normalized spacial score (nSPS) is 13.7. The molecule has 0 spiro atoms. The van der Waals surface area contributed by atoms with Gasteiger partial charge in [-0.05, 0) is 0 Å². The molecule has 23 N–H and O–H groups in total. The van der Waals surface area contributed by atoms with Gasteiger partial charge in [0.2, 0.25) is 0 Å². The standard InChI is InChI=1S/H8O19Si6.H4O4Si.5H2O.12Ta/c1-20(2,3)15-22(7,8)17-24(11,12)19-25(13,14)18-23(9,10)16-21(4,5)6;1-5(2,3)4;;;;;;;;;;;;;;;;;/h1-2,4-5,7,9,11,13H;1-4H;5*1H2;;;;;;;;;;;;/q-6;;;;;;;;;;;;;;;;;;/p+1. The van der Waals surface area contributed by atoms with E-state index < -0.39 is 63.3 Å². The Morgan fingerprint density at radius 1 is 0.277 bits per heavy atom. The molecule has 0 aromatic rings. The predicted octanol–water partition coefficient (Wildman–Crippen LogP) is -21.1. The molecule has 12 radical (unpaired) electrons. The molecule has 0 aliphatic rings. The summed E-state index contributed by atoms with van der Waals surface area (Å²) in [7, 11) is -42.5. The van der Waals surface area contributed by atoms with Crippen molar-refractivity contribution in [2.24, 2.45) is 0 Å². The van der Waals surface area contributed by atoms with E-state index in [9.17, 15) is 28.8 Å². The zero-order valence-corrected chi connectivity index (χ0v) is 66.9. The van der Waals surface area contributed by atoms with Gasteiger partial charge < -0.3 is 134 Å². The van der Waals surface area contributed by atoms with Crippen molar-refractivity contribution in [1.29, 1.82) is 0 Å². The van der Waals surface area contributed by atoms with Crippen molar-refractivity contribution in [2.45, 2.75) is 0 Å². The number of hydrogen-bond donors (Lipinski definition) is 12. The summed E-state index contributed by atoms with van der Waals surface area (Å²) in [5.74, 6) is 0. The van der Waals surface area contributed by atoms with Gasteiger partial charge in [0.05, 0.1) is 0 Å². The third kappa shape index (κ3) is 102. The van der Waals surface area contributed by atoms with Crippen LogP contribution >= 0.6 is 0 Å². The van der Waals surface area contributed by atoms with E-state index in [0.29, 0.717) is 0 Å². The van der Waals surface area contributed by atoms with E-state index in [0.717, 1.165) is 0 Å². The van der Waals surface area contributed by atoms with Crippen molar-refractivity contribution in [3.63, 3.8) is 0 Å². The van der Waals surface area contributed by atoms with E-state index in [2.05, 4.69) is 20.6 Å². The van der Waals surface area contributed by atoms with Gasteiger partial charge in [-0.3, -0.25) is 0 Å². The molecule has 4 atom stereocenters. The Balaban J connectivity index is -0.0000000195. The van der Waals surface area contributed by atoms with Crippen LogP contribution in [0.3, 0.4) is 0 Å². The molecule has 284 valence electrons. The molecule has 0 rings (SSSR count). The van der Waals surface area contributed by atoms with Crippen LogP contribution in [0.5, 0.6) is 0 Å². The molecule has 0 aliphatic carbocycles. The molecule has 0 aromatic heterocycles. The Kier molecular flexibility index (Phi) is 135. The fourth-order valence-corrected chi connectivity index (χ4v) is 9.67. The molecule has 0 heterocycles. The molecule has 0 saturated heterocycles. The SMILES string of the molecule is O.O.O.O.O[Si](O)(O)O.[O-][Si](O)(O)O[Si]([O-])(O)O[Si]([O-])(O)O[Si]([O-])(O)O[Si]([O-])(O)O[Si]([O-])(O)O.[OH3+].[Ta].[Ta].[Ta].[Ta].[Ta].[Ta].[Ta].[Ta].[Ta].[Ta].[Ta].[Ta]. The molecule has 0 aliphatic heterocycles. The summed E-state index contributed by atoms with van der Waals surface area (Å²) in [5.41, 5.74) is 0. The Labute approximate surface area is 457 Å². The van der Waals surface area contributed by atoms with Gasteiger partial charge in [0.15, 0.2) is 0 Å². The minimum absolute atomic E-state index is 0. The third-order valence-electron chi connectivity index (χ3n) is 1.30. The van der Waals surface area contributed by atoms with Gasteiger partial charge in [-0.2, -0.15) is 0 Å². The largest absolute Gasteiger partial charge is 0.794 e. The van der Waals surface area contributed by atoms with Crippen LogP contribution in [0.1, 0.15) is 0 Å². The average Bonchev–Trinajstić information content (AvgIpc) is 2.09. The maximum Gasteiger partial charge on any atom is 0.668 e. The Morgan fingerprint density at radius 2 is 0.362 bits per heavy atom. The van der Waals surface area contributed by atoms with Crippen LogP contribution in [-0.4, -0.2) is 143 Å². The number of hydrogen-bond acceptors (Lipinski definition) is 23. The first-order valence-electron chi connectivity index (χ1n) is 5.95. The predicted molar refractivity (Wildman–Crippen MR) is 91.7 cm³/mol. The fraction of sp³-hybridized carbons (Fsp3) is 0. The monoisotopic (exact) mass is 2840 g/mol. The molecule has 0 fully saturated rings. The summed E-state index contributed by atoms with van der Waals surface area (Å²) < 4.78 is 15.9. The molecule has 0 bridgehead atoms. The first-order valence-corrected chi connectivity index (χ1v) is 17.8. The molecule has 28 nitrogen and oxygen atoms in total. The average molecular weight is 2840 g/mol. The van der Waals surface area contributed by atoms with Crippen LogP contribution in [0, 0.1) is 0 Å². The van der Waals surface area contributed by atoms with Gasteiger partial charge in [0.25, 0.3) is 0 Å². The molecule has 47 heavy (non-hydrogen) atoms. The molecular formula is H23O28Si7Ta12-5. The minimum atomic E-state index is -6.55. The zero-order chi connectivity index (χ0) is 25.0. The van der Waals surface area contributed by atoms with Crippen LogP contribution in [0.4, 0.5) is 0 Å². The van der Waals surface area contributed by atoms with Gasteiger partial charge in [0.1, 0.15) is 0 Å². The van der Waals surface area contributed by atoms with Crippen molar-refractivity contribution in [3.05, 3.63) is 0 Å². The van der Waals surface area contributed by atoms with E-state index in [1.807, 2.05) is 0 Å². The first kappa shape index (κ1) is 124. The Bertz CT molecular complexity index is 495. The summed E-state index contributed by atoms with van der Waals surface area (Å²) in [6, 6.07) is 0. The summed E-state index contributed by atoms with van der Waals surface area (Å²) >= 11 is 0. The topological polar surface area (TPSA) is 586 Å². The van der Waals surface area contributed by atoms with Gasteiger partial charge in [-0.1, -0.05) is 0 Å². The summed E-state index contributed by atoms with van der Waals surface area (Å²) in [4.78, 5) is 163. The second-order valence-corrected chi connectivity index (χ2v) is 16.0. The summed E-state index contributed by atoms with van der Waals surface area (Å²) in [5, 5.41) is 0. The van der Waals surface area contributed by atoms with Gasteiger partial charge in [0, 0.05) is 269 Å². The van der Waals surface area contributed by atoms with Crippen LogP contribution in [0.2, 0.25) is 0 Å². The fourth-order valence-electron chi connectivity index (χ4n) is 0.908. The van der Waals surface area contributed by atoms with E-state index in [-0.39, 0.29) is 296 Å². The quantitative estimate of drug-likeness (QED) is 0.0714. The molecule has 0 amide bonds. The second kappa shape index (κ2) is 51.4. The van der Waals surface area contributed by atoms with Crippen molar-refractivity contribution >= 4 is 63.3 Å².